The average Bonchev–Trinajstić information content (AvgIpc) is 2.29. The summed E-state index contributed by atoms with van der Waals surface area (Å²) >= 11 is 0. The lowest BCUT2D eigenvalue weighted by Crippen LogP contribution is -2.35. The molecule has 1 N–H and O–H groups in total. The number of halogens is 3. The Labute approximate surface area is 104 Å². The van der Waals surface area contributed by atoms with E-state index >= 15 is 0 Å². The fraction of sp³-hybridized carbons (Fsp3) is 0.583. The lowest BCUT2D eigenvalue weighted by molar-refractivity contribution is -0.137. The molecule has 1 aromatic heterocycles. The Bertz CT molecular complexity index is 363. The van der Waals surface area contributed by atoms with Gasteiger partial charge in [-0.2, -0.15) is 13.2 Å². The highest BCUT2D eigenvalue weighted by atomic mass is 19.4. The zero-order valence-corrected chi connectivity index (χ0v) is 10.4. The Morgan fingerprint density at radius 1 is 1.44 bits per heavy atom. The van der Waals surface area contributed by atoms with Gasteiger partial charge in [0.25, 0.3) is 0 Å². The van der Waals surface area contributed by atoms with Crippen molar-refractivity contribution in [3.63, 3.8) is 0 Å². The molecule has 0 aliphatic rings. The molecule has 1 aromatic rings. The summed E-state index contributed by atoms with van der Waals surface area (Å²) < 4.78 is 42.6. The van der Waals surface area contributed by atoms with E-state index in [9.17, 15) is 13.2 Å². The first-order chi connectivity index (χ1) is 8.47. The van der Waals surface area contributed by atoms with Crippen LogP contribution in [0.25, 0.3) is 0 Å². The molecule has 0 aliphatic heterocycles. The summed E-state index contributed by atoms with van der Waals surface area (Å²) in [5, 5.41) is 3.14. The molecule has 0 saturated carbocycles. The van der Waals surface area contributed by atoms with E-state index in [4.69, 9.17) is 4.74 Å². The minimum absolute atomic E-state index is 0.0315. The van der Waals surface area contributed by atoms with Gasteiger partial charge in [0.1, 0.15) is 0 Å². The van der Waals surface area contributed by atoms with Crippen molar-refractivity contribution in [3.8, 4) is 0 Å². The standard InChI is InChI=1S/C12H17F3N2O/c1-3-16-11(8-18-2)7-10-6-9(4-5-17-10)12(13,14)15/h4-6,11,16H,3,7-8H2,1-2H3. The fourth-order valence-electron chi connectivity index (χ4n) is 1.70. The summed E-state index contributed by atoms with van der Waals surface area (Å²) in [5.74, 6) is 0. The third-order valence-electron chi connectivity index (χ3n) is 2.46. The molecule has 0 aromatic carbocycles. The molecule has 1 heterocycles. The van der Waals surface area contributed by atoms with Gasteiger partial charge >= 0.3 is 6.18 Å². The number of likely N-dealkylation sites (N-methyl/N-ethyl adjacent to an activating group) is 1. The van der Waals surface area contributed by atoms with Crippen molar-refractivity contribution in [2.75, 3.05) is 20.3 Å². The van der Waals surface area contributed by atoms with Crippen LogP contribution in [0, 0.1) is 0 Å². The summed E-state index contributed by atoms with van der Waals surface area (Å²) in [4.78, 5) is 3.96. The zero-order chi connectivity index (χ0) is 13.6. The van der Waals surface area contributed by atoms with Gasteiger partial charge in [0, 0.05) is 31.5 Å². The first-order valence-electron chi connectivity index (χ1n) is 5.71. The summed E-state index contributed by atoms with van der Waals surface area (Å²) in [6.07, 6.45) is -2.73. The van der Waals surface area contributed by atoms with E-state index in [2.05, 4.69) is 10.3 Å². The van der Waals surface area contributed by atoms with Gasteiger partial charge in [0.2, 0.25) is 0 Å². The molecule has 0 saturated heterocycles. The highest BCUT2D eigenvalue weighted by Gasteiger charge is 2.30. The van der Waals surface area contributed by atoms with Crippen molar-refractivity contribution in [1.82, 2.24) is 10.3 Å². The van der Waals surface area contributed by atoms with Gasteiger partial charge in [-0.1, -0.05) is 6.92 Å². The second-order valence-electron chi connectivity index (χ2n) is 3.95. The molecule has 3 nitrogen and oxygen atoms in total. The SMILES string of the molecule is CCNC(COC)Cc1cc(C(F)(F)F)ccn1. The van der Waals surface area contributed by atoms with Crippen molar-refractivity contribution >= 4 is 0 Å². The van der Waals surface area contributed by atoms with Crippen molar-refractivity contribution in [3.05, 3.63) is 29.6 Å². The molecule has 1 rings (SSSR count). The molecule has 0 fully saturated rings. The normalized spacial score (nSPS) is 13.6. The van der Waals surface area contributed by atoms with Crippen LogP contribution in [-0.2, 0) is 17.3 Å². The number of hydrogen-bond donors (Lipinski definition) is 1. The predicted molar refractivity (Wildman–Crippen MR) is 62.3 cm³/mol. The van der Waals surface area contributed by atoms with Gasteiger partial charge in [-0.3, -0.25) is 4.98 Å². The van der Waals surface area contributed by atoms with E-state index in [1.54, 1.807) is 7.11 Å². The number of ether oxygens (including phenoxy) is 1. The van der Waals surface area contributed by atoms with Crippen LogP contribution in [0.15, 0.2) is 18.3 Å². The van der Waals surface area contributed by atoms with E-state index in [1.165, 1.54) is 6.20 Å². The van der Waals surface area contributed by atoms with Crippen LogP contribution >= 0.6 is 0 Å². The third kappa shape index (κ3) is 4.62. The molecule has 0 radical (unpaired) electrons. The van der Waals surface area contributed by atoms with Gasteiger partial charge < -0.3 is 10.1 Å². The first-order valence-corrected chi connectivity index (χ1v) is 5.71. The topological polar surface area (TPSA) is 34.1 Å². The lowest BCUT2D eigenvalue weighted by Gasteiger charge is -2.17. The number of methoxy groups -OCH3 is 1. The number of rotatable bonds is 6. The maximum Gasteiger partial charge on any atom is 0.416 e. The second-order valence-corrected chi connectivity index (χ2v) is 3.95. The second kappa shape index (κ2) is 6.70. The number of alkyl halides is 3. The molecular formula is C12H17F3N2O. The van der Waals surface area contributed by atoms with Gasteiger partial charge in [-0.15, -0.1) is 0 Å². The number of aromatic nitrogens is 1. The van der Waals surface area contributed by atoms with Gasteiger partial charge in [-0.25, -0.2) is 0 Å². The Hall–Kier alpha value is -1.14. The summed E-state index contributed by atoms with van der Waals surface area (Å²) in [7, 11) is 1.56. The third-order valence-corrected chi connectivity index (χ3v) is 2.46. The molecule has 0 spiro atoms. The number of pyridine rings is 1. The minimum Gasteiger partial charge on any atom is -0.383 e. The van der Waals surface area contributed by atoms with Crippen LogP contribution in [-0.4, -0.2) is 31.3 Å². The van der Waals surface area contributed by atoms with Gasteiger partial charge in [-0.05, 0) is 18.7 Å². The molecule has 1 unspecified atom stereocenters. The lowest BCUT2D eigenvalue weighted by atomic mass is 10.1. The van der Waals surface area contributed by atoms with Gasteiger partial charge in [0.05, 0.1) is 12.2 Å². The highest BCUT2D eigenvalue weighted by Crippen LogP contribution is 2.29. The van der Waals surface area contributed by atoms with Crippen LogP contribution in [0.4, 0.5) is 13.2 Å². The monoisotopic (exact) mass is 262 g/mol. The van der Waals surface area contributed by atoms with E-state index < -0.39 is 11.7 Å². The molecule has 102 valence electrons. The van der Waals surface area contributed by atoms with Crippen molar-refractivity contribution in [1.29, 1.82) is 0 Å². The first kappa shape index (κ1) is 14.9. The van der Waals surface area contributed by atoms with Crippen LogP contribution in [0.1, 0.15) is 18.2 Å². The maximum absolute atomic E-state index is 12.5. The van der Waals surface area contributed by atoms with Crippen molar-refractivity contribution in [2.24, 2.45) is 0 Å². The van der Waals surface area contributed by atoms with Crippen LogP contribution in [0.3, 0.4) is 0 Å². The fourth-order valence-corrected chi connectivity index (χ4v) is 1.70. The number of nitrogens with one attached hydrogen (secondary N) is 1. The molecule has 0 bridgehead atoms. The predicted octanol–water partition coefficient (Wildman–Crippen LogP) is 2.27. The molecule has 1 atom stereocenters. The van der Waals surface area contributed by atoms with Crippen LogP contribution in [0.5, 0.6) is 0 Å². The molecule has 6 heteroatoms. The van der Waals surface area contributed by atoms with Crippen molar-refractivity contribution < 1.29 is 17.9 Å². The zero-order valence-electron chi connectivity index (χ0n) is 10.4. The quantitative estimate of drug-likeness (QED) is 0.854. The smallest absolute Gasteiger partial charge is 0.383 e. The average molecular weight is 262 g/mol. The molecule has 0 aliphatic carbocycles. The molecule has 18 heavy (non-hydrogen) atoms. The summed E-state index contributed by atoms with van der Waals surface area (Å²) in [5.41, 5.74) is -0.256. The Morgan fingerprint density at radius 3 is 2.72 bits per heavy atom. The number of nitrogens with zero attached hydrogens (tertiary/aromatic N) is 1. The Morgan fingerprint density at radius 2 is 2.17 bits per heavy atom. The van der Waals surface area contributed by atoms with E-state index in [-0.39, 0.29) is 6.04 Å². The number of hydrogen-bond acceptors (Lipinski definition) is 3. The van der Waals surface area contributed by atoms with Crippen LogP contribution < -0.4 is 5.32 Å². The Kier molecular flexibility index (Phi) is 5.55. The highest BCUT2D eigenvalue weighted by molar-refractivity contribution is 5.20. The summed E-state index contributed by atoms with van der Waals surface area (Å²) in [6.45, 7) is 3.10. The Balaban J connectivity index is 2.77. The van der Waals surface area contributed by atoms with Gasteiger partial charge in [0.15, 0.2) is 0 Å². The largest absolute Gasteiger partial charge is 0.416 e. The molecule has 0 amide bonds. The minimum atomic E-state index is -4.33. The van der Waals surface area contributed by atoms with E-state index in [0.29, 0.717) is 18.7 Å². The van der Waals surface area contributed by atoms with E-state index in [0.717, 1.165) is 18.7 Å². The molecular weight excluding hydrogens is 245 g/mol. The van der Waals surface area contributed by atoms with Crippen molar-refractivity contribution in [2.45, 2.75) is 25.6 Å². The summed E-state index contributed by atoms with van der Waals surface area (Å²) in [6, 6.07) is 2.03. The van der Waals surface area contributed by atoms with E-state index in [1.807, 2.05) is 6.92 Å². The maximum atomic E-state index is 12.5. The van der Waals surface area contributed by atoms with Crippen LogP contribution in [0.2, 0.25) is 0 Å².